The third-order valence-electron chi connectivity index (χ3n) is 3.21. The Hall–Kier alpha value is -1.78. The van der Waals surface area contributed by atoms with Crippen LogP contribution in [0.2, 0.25) is 0 Å². The van der Waals surface area contributed by atoms with E-state index < -0.39 is 6.23 Å². The maximum absolute atomic E-state index is 10.1. The molecule has 1 heterocycles. The zero-order valence-electron chi connectivity index (χ0n) is 10.2. The second-order valence-corrected chi connectivity index (χ2v) is 4.56. The predicted molar refractivity (Wildman–Crippen MR) is 71.0 cm³/mol. The highest BCUT2D eigenvalue weighted by molar-refractivity contribution is 5.48. The van der Waals surface area contributed by atoms with Crippen molar-refractivity contribution in [3.63, 3.8) is 0 Å². The molecule has 0 aromatic heterocycles. The van der Waals surface area contributed by atoms with Crippen molar-refractivity contribution in [2.75, 3.05) is 5.01 Å². The lowest BCUT2D eigenvalue weighted by Gasteiger charge is -2.37. The maximum Gasteiger partial charge on any atom is 0.163 e. The minimum atomic E-state index is -0.721. The highest BCUT2D eigenvalue weighted by Gasteiger charge is 2.38. The number of hydrogen-bond acceptors (Lipinski definition) is 4. The fourth-order valence-corrected chi connectivity index (χ4v) is 2.15. The molecule has 4 nitrogen and oxygen atoms in total. The van der Waals surface area contributed by atoms with Crippen LogP contribution in [0.4, 0.5) is 5.69 Å². The zero-order valence-corrected chi connectivity index (χ0v) is 10.2. The summed E-state index contributed by atoms with van der Waals surface area (Å²) in [7, 11) is 0. The van der Waals surface area contributed by atoms with Gasteiger partial charge in [0.2, 0.25) is 0 Å². The van der Waals surface area contributed by atoms with Gasteiger partial charge in [-0.15, -0.1) is 0 Å². The molecule has 0 saturated heterocycles. The van der Waals surface area contributed by atoms with E-state index in [1.54, 1.807) is 6.08 Å². The van der Waals surface area contributed by atoms with Crippen LogP contribution in [0.3, 0.4) is 0 Å². The molecule has 0 radical (unpaired) electrons. The van der Waals surface area contributed by atoms with Crippen LogP contribution in [0.5, 0.6) is 0 Å². The van der Waals surface area contributed by atoms with Gasteiger partial charge in [0.25, 0.3) is 0 Å². The van der Waals surface area contributed by atoms with Gasteiger partial charge in [0.15, 0.2) is 6.23 Å². The number of anilines is 1. The first-order valence-corrected chi connectivity index (χ1v) is 6.22. The topological polar surface area (TPSA) is 30.0 Å². The summed E-state index contributed by atoms with van der Waals surface area (Å²) in [5.41, 5.74) is 1.03. The van der Waals surface area contributed by atoms with Crippen molar-refractivity contribution >= 4 is 5.69 Å². The molecule has 0 spiro atoms. The first-order valence-electron chi connectivity index (χ1n) is 6.22. The standard InChI is InChI=1S/C14H17N3O/c1-2-14(18)17-15(12-6-4-3-5-7-12)10-11-16(17)13-8-9-13/h2-7,10-11,13-14,18H,1,8-9H2. The highest BCUT2D eigenvalue weighted by atomic mass is 16.3. The summed E-state index contributed by atoms with van der Waals surface area (Å²) in [6.45, 7) is 3.67. The van der Waals surface area contributed by atoms with Gasteiger partial charge in [-0.25, -0.2) is 0 Å². The summed E-state index contributed by atoms with van der Waals surface area (Å²) in [6.07, 6.45) is 7.15. The van der Waals surface area contributed by atoms with Crippen molar-refractivity contribution < 1.29 is 5.11 Å². The van der Waals surface area contributed by atoms with Gasteiger partial charge in [-0.2, -0.15) is 0 Å². The van der Waals surface area contributed by atoms with Gasteiger partial charge in [0.1, 0.15) is 0 Å². The Labute approximate surface area is 107 Å². The van der Waals surface area contributed by atoms with Gasteiger partial charge in [0, 0.05) is 18.4 Å². The molecular weight excluding hydrogens is 226 g/mol. The molecule has 1 aromatic carbocycles. The Morgan fingerprint density at radius 3 is 2.56 bits per heavy atom. The lowest BCUT2D eigenvalue weighted by atomic mass is 10.3. The van der Waals surface area contributed by atoms with Crippen LogP contribution in [-0.4, -0.2) is 27.5 Å². The van der Waals surface area contributed by atoms with Crippen LogP contribution in [0.1, 0.15) is 12.8 Å². The van der Waals surface area contributed by atoms with E-state index in [0.29, 0.717) is 6.04 Å². The smallest absolute Gasteiger partial charge is 0.163 e. The predicted octanol–water partition coefficient (Wildman–Crippen LogP) is 2.08. The monoisotopic (exact) mass is 243 g/mol. The van der Waals surface area contributed by atoms with Crippen molar-refractivity contribution in [3.05, 3.63) is 55.4 Å². The molecule has 1 saturated carbocycles. The molecule has 94 valence electrons. The number of nitrogens with zero attached hydrogens (tertiary/aromatic N) is 3. The Bertz CT molecular complexity index is 455. The molecule has 0 bridgehead atoms. The minimum Gasteiger partial charge on any atom is -0.371 e. The third-order valence-corrected chi connectivity index (χ3v) is 3.21. The SMILES string of the molecule is C=CC(O)N1N(c2ccccc2)C=CN1C1CC1. The fourth-order valence-electron chi connectivity index (χ4n) is 2.15. The van der Waals surface area contributed by atoms with E-state index in [4.69, 9.17) is 0 Å². The Morgan fingerprint density at radius 1 is 1.22 bits per heavy atom. The van der Waals surface area contributed by atoms with Gasteiger partial charge in [-0.1, -0.05) is 29.9 Å². The normalized spacial score (nSPS) is 21.4. The molecule has 1 aliphatic heterocycles. The maximum atomic E-state index is 10.1. The van der Waals surface area contributed by atoms with Crippen LogP contribution >= 0.6 is 0 Å². The molecule has 1 atom stereocenters. The Balaban J connectivity index is 1.89. The van der Waals surface area contributed by atoms with E-state index in [9.17, 15) is 5.11 Å². The number of para-hydroxylation sites is 1. The molecule has 18 heavy (non-hydrogen) atoms. The molecule has 1 aliphatic carbocycles. The van der Waals surface area contributed by atoms with Gasteiger partial charge in [-0.05, 0) is 31.1 Å². The summed E-state index contributed by atoms with van der Waals surface area (Å²) in [5, 5.41) is 16.0. The first kappa shape index (κ1) is 11.3. The lowest BCUT2D eigenvalue weighted by Crippen LogP contribution is -2.51. The molecule has 1 N–H and O–H groups in total. The van der Waals surface area contributed by atoms with Gasteiger partial charge in [-0.3, -0.25) is 10.0 Å². The van der Waals surface area contributed by atoms with Crippen LogP contribution < -0.4 is 5.01 Å². The largest absolute Gasteiger partial charge is 0.371 e. The first-order chi connectivity index (χ1) is 8.81. The summed E-state index contributed by atoms with van der Waals surface area (Å²) in [5.74, 6) is 0. The van der Waals surface area contributed by atoms with Crippen molar-refractivity contribution in [3.8, 4) is 0 Å². The molecule has 3 rings (SSSR count). The number of aliphatic hydroxyl groups excluding tert-OH is 1. The number of hydrazine groups is 2. The van der Waals surface area contributed by atoms with E-state index in [1.165, 1.54) is 12.8 Å². The summed E-state index contributed by atoms with van der Waals surface area (Å²) >= 11 is 0. The molecule has 4 heteroatoms. The number of rotatable bonds is 4. The van der Waals surface area contributed by atoms with Crippen molar-refractivity contribution in [1.29, 1.82) is 0 Å². The van der Waals surface area contributed by atoms with E-state index in [-0.39, 0.29) is 0 Å². The van der Waals surface area contributed by atoms with Crippen molar-refractivity contribution in [2.45, 2.75) is 25.1 Å². The quantitative estimate of drug-likeness (QED) is 0.820. The molecule has 1 aromatic rings. The molecule has 2 aliphatic rings. The molecule has 0 amide bonds. The summed E-state index contributed by atoms with van der Waals surface area (Å²) in [6, 6.07) is 10.5. The van der Waals surface area contributed by atoms with E-state index in [2.05, 4.69) is 11.6 Å². The third kappa shape index (κ3) is 1.89. The second-order valence-electron chi connectivity index (χ2n) is 4.56. The van der Waals surface area contributed by atoms with Crippen molar-refractivity contribution in [1.82, 2.24) is 10.1 Å². The van der Waals surface area contributed by atoms with Crippen LogP contribution in [0.15, 0.2) is 55.4 Å². The van der Waals surface area contributed by atoms with Gasteiger partial charge in [0.05, 0.1) is 5.69 Å². The average molecular weight is 243 g/mol. The van der Waals surface area contributed by atoms with E-state index in [1.807, 2.05) is 52.9 Å². The minimum absolute atomic E-state index is 0.504. The highest BCUT2D eigenvalue weighted by Crippen LogP contribution is 2.34. The van der Waals surface area contributed by atoms with E-state index in [0.717, 1.165) is 5.69 Å². The van der Waals surface area contributed by atoms with E-state index >= 15 is 0 Å². The Morgan fingerprint density at radius 2 is 1.94 bits per heavy atom. The summed E-state index contributed by atoms with van der Waals surface area (Å²) < 4.78 is 0. The summed E-state index contributed by atoms with van der Waals surface area (Å²) in [4.78, 5) is 0. The molecular formula is C14H17N3O. The average Bonchev–Trinajstić information content (AvgIpc) is 3.17. The molecule has 1 unspecified atom stereocenters. The fraction of sp³-hybridized carbons (Fsp3) is 0.286. The van der Waals surface area contributed by atoms with Crippen LogP contribution in [0, 0.1) is 0 Å². The number of aliphatic hydroxyl groups is 1. The van der Waals surface area contributed by atoms with Crippen molar-refractivity contribution in [2.24, 2.45) is 0 Å². The Kier molecular flexibility index (Phi) is 2.81. The lowest BCUT2D eigenvalue weighted by molar-refractivity contribution is -0.0847. The zero-order chi connectivity index (χ0) is 12.5. The van der Waals surface area contributed by atoms with Crippen LogP contribution in [0.25, 0.3) is 0 Å². The second kappa shape index (κ2) is 4.48. The number of hydrogen-bond donors (Lipinski definition) is 1. The van der Waals surface area contributed by atoms with Gasteiger partial charge >= 0.3 is 0 Å². The number of benzene rings is 1. The van der Waals surface area contributed by atoms with Gasteiger partial charge < -0.3 is 5.11 Å². The van der Waals surface area contributed by atoms with Crippen LogP contribution in [-0.2, 0) is 0 Å². The molecule has 1 fully saturated rings.